The largest absolute Gasteiger partial charge is 0.462 e. The average molecular weight is 341 g/mol. The normalized spacial score (nSPS) is 12.5. The van der Waals surface area contributed by atoms with E-state index in [0.717, 1.165) is 38.0 Å². The van der Waals surface area contributed by atoms with Crippen LogP contribution in [0.15, 0.2) is 0 Å². The molecule has 0 aromatic heterocycles. The van der Waals surface area contributed by atoms with Gasteiger partial charge in [0.15, 0.2) is 0 Å². The lowest BCUT2D eigenvalue weighted by molar-refractivity contribution is -0.150. The number of carbonyl (C=O) groups is 1. The fourth-order valence-electron chi connectivity index (χ4n) is 3.16. The van der Waals surface area contributed by atoms with E-state index in [1.165, 1.54) is 57.8 Å². The van der Waals surface area contributed by atoms with E-state index in [2.05, 4.69) is 27.7 Å². The van der Waals surface area contributed by atoms with Crippen molar-refractivity contribution >= 4 is 5.97 Å². The lowest BCUT2D eigenvalue weighted by atomic mass is 10.0. The molecule has 0 heterocycles. The number of unbranched alkanes of at least 4 members (excludes halogenated alkanes) is 8. The summed E-state index contributed by atoms with van der Waals surface area (Å²) in [6, 6.07) is 0. The molecule has 0 spiro atoms. The van der Waals surface area contributed by atoms with E-state index < -0.39 is 0 Å². The summed E-state index contributed by atoms with van der Waals surface area (Å²) in [7, 11) is 0. The van der Waals surface area contributed by atoms with Gasteiger partial charge in [0, 0.05) is 6.42 Å². The molecule has 0 aromatic carbocycles. The summed E-state index contributed by atoms with van der Waals surface area (Å²) in [4.78, 5) is 12.0. The Balaban J connectivity index is 3.71. The minimum atomic E-state index is 0.0287. The molecular formula is C22H44O2. The van der Waals surface area contributed by atoms with Gasteiger partial charge in [0.2, 0.25) is 0 Å². The van der Waals surface area contributed by atoms with Gasteiger partial charge in [-0.25, -0.2) is 0 Å². The molecule has 0 radical (unpaired) electrons. The summed E-state index contributed by atoms with van der Waals surface area (Å²) in [5, 5.41) is 0. The standard InChI is InChI=1S/C22H44O2/c1-5-7-8-9-10-11-14-18-21(16-6-2)24-22(23)19-15-12-13-17-20(3)4/h20-21H,5-19H2,1-4H3. The van der Waals surface area contributed by atoms with E-state index in [1.807, 2.05) is 0 Å². The number of carbonyl (C=O) groups excluding carboxylic acids is 1. The topological polar surface area (TPSA) is 26.3 Å². The van der Waals surface area contributed by atoms with Crippen molar-refractivity contribution in [3.05, 3.63) is 0 Å². The SMILES string of the molecule is CCCCCCCCCC(CCC)OC(=O)CCCCCC(C)C. The van der Waals surface area contributed by atoms with Crippen LogP contribution in [0.3, 0.4) is 0 Å². The number of hydrogen-bond donors (Lipinski definition) is 0. The summed E-state index contributed by atoms with van der Waals surface area (Å²) in [5.41, 5.74) is 0. The second-order valence-corrected chi connectivity index (χ2v) is 7.80. The van der Waals surface area contributed by atoms with Crippen molar-refractivity contribution in [1.29, 1.82) is 0 Å². The van der Waals surface area contributed by atoms with Gasteiger partial charge in [0.05, 0.1) is 0 Å². The fourth-order valence-corrected chi connectivity index (χ4v) is 3.16. The number of esters is 1. The molecule has 1 unspecified atom stereocenters. The molecule has 0 fully saturated rings. The lowest BCUT2D eigenvalue weighted by Crippen LogP contribution is -2.18. The molecule has 0 saturated heterocycles. The molecule has 0 aliphatic rings. The zero-order valence-electron chi connectivity index (χ0n) is 17.1. The molecular weight excluding hydrogens is 296 g/mol. The third-order valence-corrected chi connectivity index (χ3v) is 4.70. The lowest BCUT2D eigenvalue weighted by Gasteiger charge is -2.17. The van der Waals surface area contributed by atoms with Crippen molar-refractivity contribution in [2.75, 3.05) is 0 Å². The highest BCUT2D eigenvalue weighted by atomic mass is 16.5. The first kappa shape index (κ1) is 23.5. The van der Waals surface area contributed by atoms with Crippen LogP contribution < -0.4 is 0 Å². The van der Waals surface area contributed by atoms with Crippen LogP contribution in [0.5, 0.6) is 0 Å². The van der Waals surface area contributed by atoms with Gasteiger partial charge in [0.1, 0.15) is 6.10 Å². The van der Waals surface area contributed by atoms with E-state index in [-0.39, 0.29) is 12.1 Å². The smallest absolute Gasteiger partial charge is 0.306 e. The molecule has 2 heteroatoms. The summed E-state index contributed by atoms with van der Waals surface area (Å²) in [6.45, 7) is 8.95. The maximum Gasteiger partial charge on any atom is 0.306 e. The van der Waals surface area contributed by atoms with Crippen LogP contribution in [0.1, 0.15) is 124 Å². The highest BCUT2D eigenvalue weighted by molar-refractivity contribution is 5.69. The van der Waals surface area contributed by atoms with Gasteiger partial charge in [-0.3, -0.25) is 4.79 Å². The van der Waals surface area contributed by atoms with Crippen molar-refractivity contribution in [3.8, 4) is 0 Å². The van der Waals surface area contributed by atoms with Crippen molar-refractivity contribution in [2.45, 2.75) is 130 Å². The third-order valence-electron chi connectivity index (χ3n) is 4.70. The van der Waals surface area contributed by atoms with Crippen LogP contribution in [0.2, 0.25) is 0 Å². The van der Waals surface area contributed by atoms with E-state index in [0.29, 0.717) is 6.42 Å². The van der Waals surface area contributed by atoms with Crippen molar-refractivity contribution in [2.24, 2.45) is 5.92 Å². The number of rotatable bonds is 17. The van der Waals surface area contributed by atoms with Crippen LogP contribution >= 0.6 is 0 Å². The van der Waals surface area contributed by atoms with Crippen LogP contribution in [-0.4, -0.2) is 12.1 Å². The van der Waals surface area contributed by atoms with Crippen LogP contribution in [0.4, 0.5) is 0 Å². The first-order valence-corrected chi connectivity index (χ1v) is 10.8. The second-order valence-electron chi connectivity index (χ2n) is 7.80. The molecule has 0 aliphatic carbocycles. The summed E-state index contributed by atoms with van der Waals surface area (Å²) >= 11 is 0. The zero-order chi connectivity index (χ0) is 18.0. The van der Waals surface area contributed by atoms with Crippen molar-refractivity contribution < 1.29 is 9.53 Å². The molecule has 144 valence electrons. The molecule has 0 bridgehead atoms. The molecule has 0 amide bonds. The van der Waals surface area contributed by atoms with Crippen LogP contribution in [0, 0.1) is 5.92 Å². The first-order valence-electron chi connectivity index (χ1n) is 10.8. The predicted octanol–water partition coefficient (Wildman–Crippen LogP) is 7.45. The molecule has 0 aromatic rings. The minimum absolute atomic E-state index is 0.0287. The van der Waals surface area contributed by atoms with Crippen LogP contribution in [0.25, 0.3) is 0 Å². The van der Waals surface area contributed by atoms with Crippen molar-refractivity contribution in [3.63, 3.8) is 0 Å². The zero-order valence-corrected chi connectivity index (χ0v) is 17.1. The van der Waals surface area contributed by atoms with Gasteiger partial charge in [-0.1, -0.05) is 91.9 Å². The van der Waals surface area contributed by atoms with Gasteiger partial charge >= 0.3 is 5.97 Å². The van der Waals surface area contributed by atoms with Crippen molar-refractivity contribution in [1.82, 2.24) is 0 Å². The molecule has 0 N–H and O–H groups in total. The average Bonchev–Trinajstić information content (AvgIpc) is 2.53. The molecule has 2 nitrogen and oxygen atoms in total. The van der Waals surface area contributed by atoms with Gasteiger partial charge in [-0.2, -0.15) is 0 Å². The fraction of sp³-hybridized carbons (Fsp3) is 0.955. The number of hydrogen-bond acceptors (Lipinski definition) is 2. The molecule has 1 atom stereocenters. The Morgan fingerprint density at radius 1 is 0.708 bits per heavy atom. The molecule has 0 saturated carbocycles. The first-order chi connectivity index (χ1) is 11.6. The summed E-state index contributed by atoms with van der Waals surface area (Å²) in [6.07, 6.45) is 17.8. The Kier molecular flexibility index (Phi) is 16.9. The monoisotopic (exact) mass is 340 g/mol. The highest BCUT2D eigenvalue weighted by Gasteiger charge is 2.13. The maximum atomic E-state index is 12.0. The van der Waals surface area contributed by atoms with E-state index in [1.54, 1.807) is 0 Å². The summed E-state index contributed by atoms with van der Waals surface area (Å²) in [5.74, 6) is 0.800. The van der Waals surface area contributed by atoms with E-state index >= 15 is 0 Å². The van der Waals surface area contributed by atoms with E-state index in [9.17, 15) is 4.79 Å². The predicted molar refractivity (Wildman–Crippen MR) is 105 cm³/mol. The summed E-state index contributed by atoms with van der Waals surface area (Å²) < 4.78 is 5.72. The van der Waals surface area contributed by atoms with Gasteiger partial charge < -0.3 is 4.74 Å². The molecule has 24 heavy (non-hydrogen) atoms. The Hall–Kier alpha value is -0.530. The molecule has 0 aliphatic heterocycles. The van der Waals surface area contributed by atoms with E-state index in [4.69, 9.17) is 4.74 Å². The molecule has 0 rings (SSSR count). The number of ether oxygens (including phenoxy) is 1. The second kappa shape index (κ2) is 17.3. The Morgan fingerprint density at radius 3 is 1.92 bits per heavy atom. The maximum absolute atomic E-state index is 12.0. The van der Waals surface area contributed by atoms with Gasteiger partial charge in [-0.15, -0.1) is 0 Å². The quantitative estimate of drug-likeness (QED) is 0.203. The Labute approximate surface area is 152 Å². The van der Waals surface area contributed by atoms with Crippen LogP contribution in [-0.2, 0) is 9.53 Å². The Morgan fingerprint density at radius 2 is 1.29 bits per heavy atom. The third kappa shape index (κ3) is 16.3. The highest BCUT2D eigenvalue weighted by Crippen LogP contribution is 2.16. The minimum Gasteiger partial charge on any atom is -0.462 e. The van der Waals surface area contributed by atoms with Gasteiger partial charge in [-0.05, 0) is 31.6 Å². The Bertz CT molecular complexity index is 273. The van der Waals surface area contributed by atoms with Gasteiger partial charge in [0.25, 0.3) is 0 Å².